The first kappa shape index (κ1) is 12.8. The summed E-state index contributed by atoms with van der Waals surface area (Å²) in [5.74, 6) is 0. The summed E-state index contributed by atoms with van der Waals surface area (Å²) < 4.78 is 0. The Hall–Kier alpha value is -1.30. The van der Waals surface area contributed by atoms with Crippen LogP contribution in [-0.4, -0.2) is 0 Å². The van der Waals surface area contributed by atoms with Gasteiger partial charge in [0.05, 0.1) is 0 Å². The van der Waals surface area contributed by atoms with Crippen molar-refractivity contribution < 1.29 is 0 Å². The Bertz CT molecular complexity index is 351. The van der Waals surface area contributed by atoms with Gasteiger partial charge in [-0.1, -0.05) is 53.6 Å². The first-order valence-corrected chi connectivity index (χ1v) is 6.01. The summed E-state index contributed by atoms with van der Waals surface area (Å²) in [5, 5.41) is 0. The Balaban J connectivity index is 2.37. The van der Waals surface area contributed by atoms with Crippen LogP contribution < -0.4 is 0 Å². The molecule has 0 aliphatic heterocycles. The molecule has 1 aromatic rings. The van der Waals surface area contributed by atoms with E-state index in [1.54, 1.807) is 0 Å². The van der Waals surface area contributed by atoms with Crippen LogP contribution in [0.25, 0.3) is 0 Å². The molecule has 0 heteroatoms. The fraction of sp³-hybridized carbons (Fsp3) is 0.375. The fourth-order valence-corrected chi connectivity index (χ4v) is 1.60. The lowest BCUT2D eigenvalue weighted by molar-refractivity contribution is 0.956. The van der Waals surface area contributed by atoms with Crippen molar-refractivity contribution in [3.8, 4) is 0 Å². The highest BCUT2D eigenvalue weighted by atomic mass is 14.0. The minimum atomic E-state index is 1.06. The summed E-state index contributed by atoms with van der Waals surface area (Å²) in [5.41, 5.74) is 4.29. The molecule has 0 fully saturated rings. The second-order valence-corrected chi connectivity index (χ2v) is 4.56. The van der Waals surface area contributed by atoms with Crippen LogP contribution in [-0.2, 0) is 6.42 Å². The van der Waals surface area contributed by atoms with Gasteiger partial charge in [0.25, 0.3) is 0 Å². The maximum atomic E-state index is 2.34. The minimum absolute atomic E-state index is 1.06. The standard InChI is InChI=1S/C16H22/c1-14(2)8-7-9-15(3)12-13-16-10-5-4-6-11-16/h4-6,8,10-12H,7,9,13H2,1-3H3. The molecule has 1 aromatic carbocycles. The van der Waals surface area contributed by atoms with E-state index in [0.29, 0.717) is 0 Å². The number of rotatable bonds is 5. The summed E-state index contributed by atoms with van der Waals surface area (Å²) in [6.07, 6.45) is 8.05. The SMILES string of the molecule is CC(C)=CCCC(C)=CCc1ccccc1. The van der Waals surface area contributed by atoms with Crippen molar-refractivity contribution in [3.63, 3.8) is 0 Å². The zero-order valence-electron chi connectivity index (χ0n) is 10.7. The van der Waals surface area contributed by atoms with Gasteiger partial charge in [0.2, 0.25) is 0 Å². The van der Waals surface area contributed by atoms with Crippen LogP contribution in [0.2, 0.25) is 0 Å². The molecule has 0 N–H and O–H groups in total. The molecule has 0 radical (unpaired) electrons. The molecule has 0 spiro atoms. The van der Waals surface area contributed by atoms with E-state index in [1.807, 2.05) is 0 Å². The maximum Gasteiger partial charge on any atom is -0.00949 e. The molecular formula is C16H22. The van der Waals surface area contributed by atoms with Gasteiger partial charge in [-0.25, -0.2) is 0 Å². The van der Waals surface area contributed by atoms with Crippen LogP contribution in [0.1, 0.15) is 39.2 Å². The average molecular weight is 214 g/mol. The Morgan fingerprint density at radius 1 is 1.00 bits per heavy atom. The molecule has 0 atom stereocenters. The largest absolute Gasteiger partial charge is 0.0856 e. The van der Waals surface area contributed by atoms with Gasteiger partial charge in [-0.15, -0.1) is 0 Å². The van der Waals surface area contributed by atoms with E-state index in [0.717, 1.165) is 6.42 Å². The summed E-state index contributed by atoms with van der Waals surface area (Å²) in [4.78, 5) is 0. The third-order valence-corrected chi connectivity index (χ3v) is 2.62. The zero-order valence-corrected chi connectivity index (χ0v) is 10.7. The van der Waals surface area contributed by atoms with Gasteiger partial charge in [-0.2, -0.15) is 0 Å². The summed E-state index contributed by atoms with van der Waals surface area (Å²) in [6.45, 7) is 6.54. The third kappa shape index (κ3) is 5.55. The smallest absolute Gasteiger partial charge is 0.00949 e. The van der Waals surface area contributed by atoms with Gasteiger partial charge in [0.15, 0.2) is 0 Å². The predicted octanol–water partition coefficient (Wildman–Crippen LogP) is 4.92. The normalized spacial score (nSPS) is 11.3. The first-order chi connectivity index (χ1) is 7.68. The van der Waals surface area contributed by atoms with E-state index in [-0.39, 0.29) is 0 Å². The predicted molar refractivity (Wildman–Crippen MR) is 72.6 cm³/mol. The average Bonchev–Trinajstić information content (AvgIpc) is 2.27. The molecule has 0 unspecified atom stereocenters. The van der Waals surface area contributed by atoms with Crippen molar-refractivity contribution in [2.75, 3.05) is 0 Å². The van der Waals surface area contributed by atoms with Crippen molar-refractivity contribution in [1.82, 2.24) is 0 Å². The van der Waals surface area contributed by atoms with Crippen molar-refractivity contribution in [3.05, 3.63) is 59.2 Å². The lowest BCUT2D eigenvalue weighted by atomic mass is 10.1. The van der Waals surface area contributed by atoms with E-state index in [1.165, 1.54) is 29.6 Å². The molecule has 0 aliphatic rings. The van der Waals surface area contributed by atoms with Gasteiger partial charge >= 0.3 is 0 Å². The number of benzene rings is 1. The quantitative estimate of drug-likeness (QED) is 0.610. The molecule has 0 saturated heterocycles. The van der Waals surface area contributed by atoms with Gasteiger partial charge in [-0.05, 0) is 45.6 Å². The molecule has 0 aromatic heterocycles. The highest BCUT2D eigenvalue weighted by Crippen LogP contribution is 2.09. The molecular weight excluding hydrogens is 192 g/mol. The summed E-state index contributed by atoms with van der Waals surface area (Å²) >= 11 is 0. The van der Waals surface area contributed by atoms with Crippen LogP contribution in [0.3, 0.4) is 0 Å². The highest BCUT2D eigenvalue weighted by molar-refractivity contribution is 5.18. The lowest BCUT2D eigenvalue weighted by Gasteiger charge is -2.00. The van der Waals surface area contributed by atoms with Crippen LogP contribution in [0, 0.1) is 0 Å². The van der Waals surface area contributed by atoms with Crippen LogP contribution in [0.15, 0.2) is 53.6 Å². The fourth-order valence-electron chi connectivity index (χ4n) is 1.60. The van der Waals surface area contributed by atoms with Crippen LogP contribution in [0.5, 0.6) is 0 Å². The molecule has 1 rings (SSSR count). The second kappa shape index (κ2) is 7.05. The van der Waals surface area contributed by atoms with Crippen molar-refractivity contribution in [2.24, 2.45) is 0 Å². The monoisotopic (exact) mass is 214 g/mol. The number of hydrogen-bond donors (Lipinski definition) is 0. The van der Waals surface area contributed by atoms with Gasteiger partial charge in [0, 0.05) is 0 Å². The molecule has 0 nitrogen and oxygen atoms in total. The van der Waals surface area contributed by atoms with E-state index in [9.17, 15) is 0 Å². The first-order valence-electron chi connectivity index (χ1n) is 6.01. The molecule has 0 saturated carbocycles. The summed E-state index contributed by atoms with van der Waals surface area (Å²) in [7, 11) is 0. The van der Waals surface area contributed by atoms with Crippen LogP contribution in [0.4, 0.5) is 0 Å². The number of hydrogen-bond acceptors (Lipinski definition) is 0. The van der Waals surface area contributed by atoms with E-state index >= 15 is 0 Å². The van der Waals surface area contributed by atoms with E-state index in [4.69, 9.17) is 0 Å². The Kier molecular flexibility index (Phi) is 5.63. The third-order valence-electron chi connectivity index (χ3n) is 2.62. The molecule has 0 amide bonds. The zero-order chi connectivity index (χ0) is 11.8. The summed E-state index contributed by atoms with van der Waals surface area (Å²) in [6, 6.07) is 10.6. The highest BCUT2D eigenvalue weighted by Gasteiger charge is 1.91. The van der Waals surface area contributed by atoms with Crippen LogP contribution >= 0.6 is 0 Å². The van der Waals surface area contributed by atoms with Crippen molar-refractivity contribution in [2.45, 2.75) is 40.0 Å². The van der Waals surface area contributed by atoms with Gasteiger partial charge < -0.3 is 0 Å². The molecule has 86 valence electrons. The second-order valence-electron chi connectivity index (χ2n) is 4.56. The minimum Gasteiger partial charge on any atom is -0.0856 e. The molecule has 0 bridgehead atoms. The topological polar surface area (TPSA) is 0 Å². The van der Waals surface area contributed by atoms with Gasteiger partial charge in [0.1, 0.15) is 0 Å². The van der Waals surface area contributed by atoms with Crippen molar-refractivity contribution >= 4 is 0 Å². The Morgan fingerprint density at radius 3 is 2.31 bits per heavy atom. The Labute approximate surface area is 99.7 Å². The van der Waals surface area contributed by atoms with Gasteiger partial charge in [-0.3, -0.25) is 0 Å². The van der Waals surface area contributed by atoms with E-state index in [2.05, 4.69) is 63.3 Å². The molecule has 16 heavy (non-hydrogen) atoms. The molecule has 0 heterocycles. The Morgan fingerprint density at radius 2 is 1.69 bits per heavy atom. The maximum absolute atomic E-state index is 2.34. The number of allylic oxidation sites excluding steroid dienone is 4. The molecule has 0 aliphatic carbocycles. The van der Waals surface area contributed by atoms with Crippen molar-refractivity contribution in [1.29, 1.82) is 0 Å². The lowest BCUT2D eigenvalue weighted by Crippen LogP contribution is -1.83. The van der Waals surface area contributed by atoms with E-state index < -0.39 is 0 Å².